The van der Waals surface area contributed by atoms with Crippen LogP contribution in [0.15, 0.2) is 42.3 Å². The Bertz CT molecular complexity index is 884. The number of ether oxygens (including phenoxy) is 2. The highest BCUT2D eigenvalue weighted by Gasteiger charge is 2.14. The number of aromatic nitrogens is 1. The van der Waals surface area contributed by atoms with Gasteiger partial charge in [0, 0.05) is 23.3 Å². The van der Waals surface area contributed by atoms with Crippen molar-refractivity contribution >= 4 is 39.2 Å². The zero-order valence-electron chi connectivity index (χ0n) is 13.3. The fourth-order valence-electron chi connectivity index (χ4n) is 2.57. The lowest BCUT2D eigenvalue weighted by molar-refractivity contribution is 0.356. The van der Waals surface area contributed by atoms with E-state index in [9.17, 15) is 0 Å². The summed E-state index contributed by atoms with van der Waals surface area (Å²) in [6, 6.07) is 6.05. The second-order valence-corrected chi connectivity index (χ2v) is 6.48. The number of nitriles is 1. The van der Waals surface area contributed by atoms with E-state index in [0.717, 1.165) is 25.9 Å². The second-order valence-electron chi connectivity index (χ2n) is 5.32. The summed E-state index contributed by atoms with van der Waals surface area (Å²) < 4.78 is 11.8. The maximum absolute atomic E-state index is 8.97. The molecule has 0 fully saturated rings. The minimum atomic E-state index is -0.0480. The summed E-state index contributed by atoms with van der Waals surface area (Å²) in [6.07, 6.45) is 8.44. The Morgan fingerprint density at radius 1 is 1.29 bits per heavy atom. The molecule has 2 aromatic rings. The van der Waals surface area contributed by atoms with Gasteiger partial charge in [-0.1, -0.05) is 12.2 Å². The van der Waals surface area contributed by atoms with Crippen LogP contribution in [0.5, 0.6) is 11.5 Å². The number of methoxy groups -OCH3 is 2. The van der Waals surface area contributed by atoms with E-state index in [1.165, 1.54) is 0 Å². The van der Waals surface area contributed by atoms with Gasteiger partial charge in [0.1, 0.15) is 0 Å². The average Bonchev–Trinajstić information content (AvgIpc) is 2.63. The molecule has 6 heteroatoms. The summed E-state index contributed by atoms with van der Waals surface area (Å²) in [5.74, 6) is 1.26. The van der Waals surface area contributed by atoms with Crippen molar-refractivity contribution in [3.63, 3.8) is 0 Å². The molecular weight excluding hydrogens is 417 g/mol. The van der Waals surface area contributed by atoms with Crippen molar-refractivity contribution < 1.29 is 9.47 Å². The number of anilines is 1. The molecule has 1 heterocycles. The number of fused-ring (bicyclic) bond motifs is 1. The smallest absolute Gasteiger partial charge is 0.162 e. The molecule has 24 heavy (non-hydrogen) atoms. The summed E-state index contributed by atoms with van der Waals surface area (Å²) in [6.45, 7) is 0. The first-order valence-electron chi connectivity index (χ1n) is 7.41. The maximum Gasteiger partial charge on any atom is 0.162 e. The summed E-state index contributed by atoms with van der Waals surface area (Å²) >= 11 is 2.26. The molecule has 0 spiro atoms. The zero-order valence-corrected chi connectivity index (χ0v) is 15.5. The van der Waals surface area contributed by atoms with E-state index in [1.54, 1.807) is 14.2 Å². The SMILES string of the molecule is COc1cc2ncc(I)c(NC3=CCC(C#N)C=C3)c2cc1OC. The maximum atomic E-state index is 8.97. The molecule has 0 bridgehead atoms. The highest BCUT2D eigenvalue weighted by atomic mass is 127. The molecule has 0 aliphatic heterocycles. The Labute approximate surface area is 154 Å². The third kappa shape index (κ3) is 3.17. The average molecular weight is 433 g/mol. The summed E-state index contributed by atoms with van der Waals surface area (Å²) in [7, 11) is 3.23. The van der Waals surface area contributed by atoms with Crippen molar-refractivity contribution in [1.82, 2.24) is 4.98 Å². The quantitative estimate of drug-likeness (QED) is 0.731. The minimum absolute atomic E-state index is 0.0480. The van der Waals surface area contributed by atoms with E-state index >= 15 is 0 Å². The van der Waals surface area contributed by atoms with E-state index in [4.69, 9.17) is 14.7 Å². The highest BCUT2D eigenvalue weighted by Crippen LogP contribution is 2.37. The van der Waals surface area contributed by atoms with Crippen LogP contribution in [0.2, 0.25) is 0 Å². The molecular formula is C18H16IN3O2. The molecule has 3 rings (SSSR count). The standard InChI is InChI=1S/C18H16IN3O2/c1-23-16-7-13-15(8-17(16)24-2)21-10-14(19)18(13)22-12-5-3-11(9-20)4-6-12/h3,5-8,10-11H,4H2,1-2H3,(H,21,22). The van der Waals surface area contributed by atoms with Crippen LogP contribution in [0.3, 0.4) is 0 Å². The molecule has 0 amide bonds. The van der Waals surface area contributed by atoms with Crippen LogP contribution >= 0.6 is 22.6 Å². The topological polar surface area (TPSA) is 67.2 Å². The third-order valence-corrected chi connectivity index (χ3v) is 4.68. The predicted octanol–water partition coefficient (Wildman–Crippen LogP) is 4.25. The van der Waals surface area contributed by atoms with E-state index in [-0.39, 0.29) is 5.92 Å². The second kappa shape index (κ2) is 7.09. The Balaban J connectivity index is 2.04. The number of rotatable bonds is 4. The van der Waals surface area contributed by atoms with Crippen LogP contribution in [0.4, 0.5) is 5.69 Å². The van der Waals surface area contributed by atoms with Gasteiger partial charge in [-0.05, 0) is 41.2 Å². The number of pyridine rings is 1. The first-order chi connectivity index (χ1) is 11.7. The molecule has 0 saturated heterocycles. The Morgan fingerprint density at radius 3 is 2.67 bits per heavy atom. The molecule has 0 radical (unpaired) electrons. The molecule has 0 saturated carbocycles. The van der Waals surface area contributed by atoms with Crippen LogP contribution < -0.4 is 14.8 Å². The van der Waals surface area contributed by atoms with Gasteiger partial charge in [0.05, 0.1) is 41.0 Å². The molecule has 1 unspecified atom stereocenters. The van der Waals surface area contributed by atoms with Gasteiger partial charge in [0.2, 0.25) is 0 Å². The van der Waals surface area contributed by atoms with Gasteiger partial charge in [-0.25, -0.2) is 0 Å². The Kier molecular flexibility index (Phi) is 4.90. The van der Waals surface area contributed by atoms with Crippen molar-refractivity contribution in [2.24, 2.45) is 5.92 Å². The van der Waals surface area contributed by atoms with Crippen molar-refractivity contribution in [3.8, 4) is 17.6 Å². The largest absolute Gasteiger partial charge is 0.493 e. The lowest BCUT2D eigenvalue weighted by atomic mass is 10.0. The summed E-state index contributed by atoms with van der Waals surface area (Å²) in [5, 5.41) is 13.4. The van der Waals surface area contributed by atoms with Crippen LogP contribution in [-0.2, 0) is 0 Å². The van der Waals surface area contributed by atoms with E-state index < -0.39 is 0 Å². The van der Waals surface area contributed by atoms with E-state index in [2.05, 4.69) is 39.0 Å². The van der Waals surface area contributed by atoms with Gasteiger partial charge in [0.15, 0.2) is 11.5 Å². The van der Waals surface area contributed by atoms with Gasteiger partial charge < -0.3 is 14.8 Å². The predicted molar refractivity (Wildman–Crippen MR) is 102 cm³/mol. The molecule has 5 nitrogen and oxygen atoms in total. The number of nitrogens with zero attached hydrogens (tertiary/aromatic N) is 2. The van der Waals surface area contributed by atoms with Crippen molar-refractivity contribution in [3.05, 3.63) is 45.8 Å². The van der Waals surface area contributed by atoms with Gasteiger partial charge >= 0.3 is 0 Å². The number of halogens is 1. The third-order valence-electron chi connectivity index (χ3n) is 3.86. The number of hydrogen-bond acceptors (Lipinski definition) is 5. The van der Waals surface area contributed by atoms with Crippen LogP contribution in [0.1, 0.15) is 6.42 Å². The van der Waals surface area contributed by atoms with Crippen molar-refractivity contribution in [2.45, 2.75) is 6.42 Å². The van der Waals surface area contributed by atoms with Gasteiger partial charge in [-0.3, -0.25) is 4.98 Å². The van der Waals surface area contributed by atoms with Gasteiger partial charge in [-0.15, -0.1) is 0 Å². The van der Waals surface area contributed by atoms with Gasteiger partial charge in [0.25, 0.3) is 0 Å². The fourth-order valence-corrected chi connectivity index (χ4v) is 3.14. The number of benzene rings is 1. The Hall–Kier alpha value is -2.27. The zero-order chi connectivity index (χ0) is 17.1. The minimum Gasteiger partial charge on any atom is -0.493 e. The summed E-state index contributed by atoms with van der Waals surface area (Å²) in [4.78, 5) is 4.48. The first kappa shape index (κ1) is 16.6. The van der Waals surface area contributed by atoms with Crippen molar-refractivity contribution in [1.29, 1.82) is 5.26 Å². The molecule has 1 atom stereocenters. The van der Waals surface area contributed by atoms with E-state index in [0.29, 0.717) is 17.9 Å². The monoisotopic (exact) mass is 433 g/mol. The normalized spacial score (nSPS) is 16.4. The number of allylic oxidation sites excluding steroid dienone is 3. The molecule has 1 N–H and O–H groups in total. The summed E-state index contributed by atoms with van der Waals surface area (Å²) in [5.41, 5.74) is 2.76. The van der Waals surface area contributed by atoms with E-state index in [1.807, 2.05) is 36.6 Å². The fraction of sp³-hybridized carbons (Fsp3) is 0.222. The van der Waals surface area contributed by atoms with Crippen LogP contribution in [0.25, 0.3) is 10.9 Å². The molecule has 1 aliphatic carbocycles. The lowest BCUT2D eigenvalue weighted by Gasteiger charge is -2.17. The molecule has 1 aromatic carbocycles. The molecule has 1 aliphatic rings. The number of hydrogen-bond donors (Lipinski definition) is 1. The lowest BCUT2D eigenvalue weighted by Crippen LogP contribution is -2.06. The molecule has 1 aromatic heterocycles. The first-order valence-corrected chi connectivity index (χ1v) is 8.49. The van der Waals surface area contributed by atoms with Crippen LogP contribution in [0, 0.1) is 20.8 Å². The number of nitrogens with one attached hydrogen (secondary N) is 1. The van der Waals surface area contributed by atoms with Gasteiger partial charge in [-0.2, -0.15) is 5.26 Å². The van der Waals surface area contributed by atoms with Crippen molar-refractivity contribution in [2.75, 3.05) is 19.5 Å². The molecule has 122 valence electrons. The Morgan fingerprint density at radius 2 is 2.04 bits per heavy atom. The van der Waals surface area contributed by atoms with Crippen LogP contribution in [-0.4, -0.2) is 19.2 Å². The highest BCUT2D eigenvalue weighted by molar-refractivity contribution is 14.1.